The third kappa shape index (κ3) is 3.13. The van der Waals surface area contributed by atoms with Crippen molar-refractivity contribution in [2.24, 2.45) is 10.9 Å². The average Bonchev–Trinajstić information content (AvgIpc) is 2.22. The monoisotopic (exact) mass is 271 g/mol. The lowest BCUT2D eigenvalue weighted by Crippen LogP contribution is -2.33. The van der Waals surface area contributed by atoms with Gasteiger partial charge in [-0.05, 0) is 47.5 Å². The number of oxime groups is 1. The molecule has 1 aromatic rings. The van der Waals surface area contributed by atoms with Crippen molar-refractivity contribution in [1.82, 2.24) is 0 Å². The molecule has 4 N–H and O–H groups in total. The Morgan fingerprint density at radius 2 is 2.27 bits per heavy atom. The van der Waals surface area contributed by atoms with Crippen LogP contribution in [0.2, 0.25) is 0 Å². The second-order valence-electron chi connectivity index (χ2n) is 3.37. The predicted octanol–water partition coefficient (Wildman–Crippen LogP) is 2.30. The van der Waals surface area contributed by atoms with Gasteiger partial charge in [-0.15, -0.1) is 0 Å². The summed E-state index contributed by atoms with van der Waals surface area (Å²) in [4.78, 5) is 0. The third-order valence-corrected chi connectivity index (χ3v) is 2.74. The zero-order valence-corrected chi connectivity index (χ0v) is 10.2. The molecule has 1 rings (SSSR count). The zero-order chi connectivity index (χ0) is 11.4. The lowest BCUT2D eigenvalue weighted by molar-refractivity contribution is 0.316. The van der Waals surface area contributed by atoms with E-state index in [2.05, 4.69) is 26.4 Å². The lowest BCUT2D eigenvalue weighted by atomic mass is 10.2. The molecule has 0 aromatic heterocycles. The smallest absolute Gasteiger partial charge is 0.161 e. The molecule has 0 fully saturated rings. The van der Waals surface area contributed by atoms with E-state index in [4.69, 9.17) is 10.9 Å². The van der Waals surface area contributed by atoms with Gasteiger partial charge in [-0.2, -0.15) is 0 Å². The van der Waals surface area contributed by atoms with Crippen LogP contribution in [0.4, 0.5) is 5.69 Å². The van der Waals surface area contributed by atoms with E-state index in [0.717, 1.165) is 15.7 Å². The second kappa shape index (κ2) is 5.02. The highest BCUT2D eigenvalue weighted by Crippen LogP contribution is 2.23. The minimum absolute atomic E-state index is 0.156. The molecule has 15 heavy (non-hydrogen) atoms. The molecule has 0 spiro atoms. The molecule has 0 saturated heterocycles. The molecule has 4 nitrogen and oxygen atoms in total. The second-order valence-corrected chi connectivity index (χ2v) is 4.23. The largest absolute Gasteiger partial charge is 0.409 e. The Labute approximate surface area is 97.3 Å². The number of nitrogens with two attached hydrogens (primary N) is 1. The SMILES string of the molecule is Cc1ccc(Br)c(NC(C)/C(N)=N/O)c1. The fraction of sp³-hybridized carbons (Fsp3) is 0.300. The molecule has 0 aliphatic rings. The molecule has 0 amide bonds. The van der Waals surface area contributed by atoms with Crippen LogP contribution in [0.3, 0.4) is 0 Å². The van der Waals surface area contributed by atoms with Crippen LogP contribution in [0.15, 0.2) is 27.8 Å². The number of hydrogen-bond acceptors (Lipinski definition) is 3. The minimum Gasteiger partial charge on any atom is -0.409 e. The number of halogens is 1. The molecule has 1 unspecified atom stereocenters. The first-order chi connectivity index (χ1) is 7.04. The molecule has 0 aliphatic heterocycles. The third-order valence-electron chi connectivity index (χ3n) is 2.05. The van der Waals surface area contributed by atoms with Crippen molar-refractivity contribution in [2.45, 2.75) is 19.9 Å². The van der Waals surface area contributed by atoms with Crippen LogP contribution in [-0.2, 0) is 0 Å². The molecule has 1 atom stereocenters. The number of aryl methyl sites for hydroxylation is 1. The van der Waals surface area contributed by atoms with E-state index >= 15 is 0 Å². The number of nitrogens with one attached hydrogen (secondary N) is 1. The quantitative estimate of drug-likeness (QED) is 0.342. The fourth-order valence-corrected chi connectivity index (χ4v) is 1.50. The molecule has 0 bridgehead atoms. The minimum atomic E-state index is -0.215. The maximum absolute atomic E-state index is 8.52. The first-order valence-electron chi connectivity index (χ1n) is 4.54. The fourth-order valence-electron chi connectivity index (χ4n) is 1.14. The molecule has 82 valence electrons. The summed E-state index contributed by atoms with van der Waals surface area (Å²) in [6, 6.07) is 5.74. The van der Waals surface area contributed by atoms with Gasteiger partial charge in [0, 0.05) is 10.2 Å². The molecule has 0 heterocycles. The number of nitrogens with zero attached hydrogens (tertiary/aromatic N) is 1. The van der Waals surface area contributed by atoms with Crippen molar-refractivity contribution in [3.63, 3.8) is 0 Å². The van der Waals surface area contributed by atoms with Crippen LogP contribution in [0.1, 0.15) is 12.5 Å². The van der Waals surface area contributed by atoms with E-state index in [0.29, 0.717) is 0 Å². The summed E-state index contributed by atoms with van der Waals surface area (Å²) in [6.07, 6.45) is 0. The van der Waals surface area contributed by atoms with Crippen molar-refractivity contribution in [3.05, 3.63) is 28.2 Å². The van der Waals surface area contributed by atoms with Gasteiger partial charge < -0.3 is 16.3 Å². The van der Waals surface area contributed by atoms with Crippen molar-refractivity contribution < 1.29 is 5.21 Å². The van der Waals surface area contributed by atoms with Gasteiger partial charge in [-0.1, -0.05) is 11.2 Å². The summed E-state index contributed by atoms with van der Waals surface area (Å²) in [5.74, 6) is 0.156. The molecule has 1 aromatic carbocycles. The van der Waals surface area contributed by atoms with Gasteiger partial charge in [0.25, 0.3) is 0 Å². The average molecular weight is 272 g/mol. The number of rotatable bonds is 3. The van der Waals surface area contributed by atoms with Gasteiger partial charge in [0.2, 0.25) is 0 Å². The van der Waals surface area contributed by atoms with Gasteiger partial charge in [-0.3, -0.25) is 0 Å². The normalized spacial score (nSPS) is 13.7. The van der Waals surface area contributed by atoms with E-state index in [-0.39, 0.29) is 11.9 Å². The van der Waals surface area contributed by atoms with E-state index in [1.54, 1.807) is 0 Å². The highest BCUT2D eigenvalue weighted by Gasteiger charge is 2.08. The van der Waals surface area contributed by atoms with Crippen molar-refractivity contribution in [1.29, 1.82) is 0 Å². The number of hydrogen-bond donors (Lipinski definition) is 3. The van der Waals surface area contributed by atoms with Crippen molar-refractivity contribution in [3.8, 4) is 0 Å². The topological polar surface area (TPSA) is 70.6 Å². The van der Waals surface area contributed by atoms with E-state index in [1.165, 1.54) is 0 Å². The van der Waals surface area contributed by atoms with Gasteiger partial charge in [-0.25, -0.2) is 0 Å². The molecular formula is C10H14BrN3O. The van der Waals surface area contributed by atoms with Crippen LogP contribution in [0, 0.1) is 6.92 Å². The predicted molar refractivity (Wildman–Crippen MR) is 65.4 cm³/mol. The highest BCUT2D eigenvalue weighted by atomic mass is 79.9. The molecule has 0 aliphatic carbocycles. The molecule has 5 heteroatoms. The summed E-state index contributed by atoms with van der Waals surface area (Å²) >= 11 is 3.42. The van der Waals surface area contributed by atoms with Crippen molar-refractivity contribution >= 4 is 27.5 Å². The van der Waals surface area contributed by atoms with Crippen molar-refractivity contribution in [2.75, 3.05) is 5.32 Å². The Morgan fingerprint density at radius 3 is 2.87 bits per heavy atom. The zero-order valence-electron chi connectivity index (χ0n) is 8.66. The van der Waals surface area contributed by atoms with Gasteiger partial charge in [0.05, 0.1) is 6.04 Å². The standard InChI is InChI=1S/C10H14BrN3O/c1-6-3-4-8(11)9(5-6)13-7(2)10(12)14-15/h3-5,7,13,15H,1-2H3,(H2,12,14). The van der Waals surface area contributed by atoms with Crippen LogP contribution in [0.25, 0.3) is 0 Å². The van der Waals surface area contributed by atoms with Gasteiger partial charge >= 0.3 is 0 Å². The summed E-state index contributed by atoms with van der Waals surface area (Å²) in [7, 11) is 0. The van der Waals surface area contributed by atoms with Gasteiger partial charge in [0.1, 0.15) is 0 Å². The molecular weight excluding hydrogens is 258 g/mol. The summed E-state index contributed by atoms with van der Waals surface area (Å²) < 4.78 is 0.950. The first-order valence-corrected chi connectivity index (χ1v) is 5.34. The molecule has 0 radical (unpaired) electrons. The summed E-state index contributed by atoms with van der Waals surface area (Å²) in [5, 5.41) is 14.6. The van der Waals surface area contributed by atoms with Gasteiger partial charge in [0.15, 0.2) is 5.84 Å². The highest BCUT2D eigenvalue weighted by molar-refractivity contribution is 9.10. The number of benzene rings is 1. The first kappa shape index (κ1) is 11.8. The van der Waals surface area contributed by atoms with E-state index in [9.17, 15) is 0 Å². The summed E-state index contributed by atoms with van der Waals surface area (Å²) in [6.45, 7) is 3.83. The Balaban J connectivity index is 2.85. The molecule has 0 saturated carbocycles. The Bertz CT molecular complexity index is 379. The summed E-state index contributed by atoms with van der Waals surface area (Å²) in [5.41, 5.74) is 7.55. The van der Waals surface area contributed by atoms with E-state index in [1.807, 2.05) is 32.0 Å². The Kier molecular flexibility index (Phi) is 3.96. The lowest BCUT2D eigenvalue weighted by Gasteiger charge is -2.15. The Morgan fingerprint density at radius 1 is 1.60 bits per heavy atom. The van der Waals surface area contributed by atoms with Crippen LogP contribution < -0.4 is 11.1 Å². The number of anilines is 1. The maximum atomic E-state index is 8.52. The van der Waals surface area contributed by atoms with E-state index < -0.39 is 0 Å². The maximum Gasteiger partial charge on any atom is 0.161 e. The van der Waals surface area contributed by atoms with Crippen LogP contribution in [-0.4, -0.2) is 17.1 Å². The number of amidine groups is 1. The Hall–Kier alpha value is -1.23. The van der Waals surface area contributed by atoms with Crippen LogP contribution >= 0.6 is 15.9 Å². The van der Waals surface area contributed by atoms with Crippen LogP contribution in [0.5, 0.6) is 0 Å².